The van der Waals surface area contributed by atoms with Crippen LogP contribution in [-0.4, -0.2) is 51.9 Å². The molecule has 0 atom stereocenters. The van der Waals surface area contributed by atoms with Crippen molar-refractivity contribution in [2.24, 2.45) is 12.0 Å². The number of thioether (sulfide) groups is 1. The van der Waals surface area contributed by atoms with Gasteiger partial charge in [-0.25, -0.2) is 4.99 Å². The Morgan fingerprint density at radius 1 is 1.21 bits per heavy atom. The van der Waals surface area contributed by atoms with Gasteiger partial charge in [-0.1, -0.05) is 12.1 Å². The van der Waals surface area contributed by atoms with Crippen molar-refractivity contribution in [1.82, 2.24) is 25.4 Å². The van der Waals surface area contributed by atoms with E-state index in [2.05, 4.69) is 53.1 Å². The molecular formula is C20H33IN6OS. The molecule has 0 saturated heterocycles. The number of nitrogens with one attached hydrogen (secondary N) is 2. The largest absolute Gasteiger partial charge is 0.497 e. The van der Waals surface area contributed by atoms with Crippen molar-refractivity contribution < 1.29 is 4.74 Å². The third-order valence-electron chi connectivity index (χ3n) is 4.66. The van der Waals surface area contributed by atoms with Crippen LogP contribution < -0.4 is 15.4 Å². The minimum absolute atomic E-state index is 0. The van der Waals surface area contributed by atoms with Gasteiger partial charge in [-0.3, -0.25) is 0 Å². The van der Waals surface area contributed by atoms with Gasteiger partial charge < -0.3 is 19.9 Å². The van der Waals surface area contributed by atoms with Crippen molar-refractivity contribution in [1.29, 1.82) is 0 Å². The first-order valence-electron chi connectivity index (χ1n) is 9.40. The van der Waals surface area contributed by atoms with E-state index in [1.807, 2.05) is 42.4 Å². The standard InChI is InChI=1S/C20H32N6OS.HI/c1-15-24-25-18(26(15)4)13-22-19(23-14-20(2,3)28-6)21-12-11-16-7-9-17(27-5)10-8-16;/h7-10H,11-14H2,1-6H3,(H2,21,22,23);1H. The number of aromatic nitrogens is 3. The molecule has 0 fully saturated rings. The van der Waals surface area contributed by atoms with Crippen LogP contribution in [0.1, 0.15) is 31.1 Å². The lowest BCUT2D eigenvalue weighted by atomic mass is 10.1. The van der Waals surface area contributed by atoms with Crippen LogP contribution in [0.15, 0.2) is 29.3 Å². The number of hydrogen-bond acceptors (Lipinski definition) is 5. The number of halogens is 1. The van der Waals surface area contributed by atoms with Crippen molar-refractivity contribution >= 4 is 41.7 Å². The predicted molar refractivity (Wildman–Crippen MR) is 133 cm³/mol. The first-order valence-corrected chi connectivity index (χ1v) is 10.6. The average Bonchev–Trinajstić information content (AvgIpc) is 3.02. The van der Waals surface area contributed by atoms with E-state index in [4.69, 9.17) is 9.73 Å². The normalized spacial score (nSPS) is 11.7. The van der Waals surface area contributed by atoms with Crippen LogP contribution >= 0.6 is 35.7 Å². The summed E-state index contributed by atoms with van der Waals surface area (Å²) in [5, 5.41) is 15.2. The fourth-order valence-corrected chi connectivity index (χ4v) is 2.62. The third kappa shape index (κ3) is 8.41. The highest BCUT2D eigenvalue weighted by molar-refractivity contribution is 14.0. The van der Waals surface area contributed by atoms with Crippen LogP contribution in [0.4, 0.5) is 0 Å². The molecular weight excluding hydrogens is 499 g/mol. The lowest BCUT2D eigenvalue weighted by Gasteiger charge is -2.24. The topological polar surface area (TPSA) is 76.4 Å². The summed E-state index contributed by atoms with van der Waals surface area (Å²) in [4.78, 5) is 4.71. The summed E-state index contributed by atoms with van der Waals surface area (Å²) in [6, 6.07) is 8.15. The maximum Gasteiger partial charge on any atom is 0.191 e. The van der Waals surface area contributed by atoms with Crippen molar-refractivity contribution in [2.75, 3.05) is 26.5 Å². The molecule has 0 saturated carbocycles. The van der Waals surface area contributed by atoms with Crippen LogP contribution in [0.2, 0.25) is 0 Å². The summed E-state index contributed by atoms with van der Waals surface area (Å²) in [6.07, 6.45) is 3.03. The second kappa shape index (κ2) is 12.3. The molecule has 9 heteroatoms. The number of guanidine groups is 1. The van der Waals surface area contributed by atoms with E-state index >= 15 is 0 Å². The molecule has 2 rings (SSSR count). The molecule has 0 radical (unpaired) electrons. The third-order valence-corrected chi connectivity index (χ3v) is 5.91. The van der Waals surface area contributed by atoms with E-state index in [1.165, 1.54) is 5.56 Å². The Bertz CT molecular complexity index is 776. The van der Waals surface area contributed by atoms with Gasteiger partial charge in [-0.2, -0.15) is 11.8 Å². The number of aryl methyl sites for hydroxylation is 1. The van der Waals surface area contributed by atoms with E-state index in [-0.39, 0.29) is 28.7 Å². The second-order valence-corrected chi connectivity index (χ2v) is 8.74. The molecule has 2 aromatic rings. The molecule has 29 heavy (non-hydrogen) atoms. The van der Waals surface area contributed by atoms with Crippen molar-refractivity contribution in [3.8, 4) is 5.75 Å². The van der Waals surface area contributed by atoms with Crippen LogP contribution in [0, 0.1) is 6.92 Å². The minimum atomic E-state index is 0. The summed E-state index contributed by atoms with van der Waals surface area (Å²) < 4.78 is 7.30. The number of methoxy groups -OCH3 is 1. The molecule has 7 nitrogen and oxygen atoms in total. The molecule has 1 aromatic heterocycles. The fraction of sp³-hybridized carbons (Fsp3) is 0.550. The zero-order chi connectivity index (χ0) is 20.6. The summed E-state index contributed by atoms with van der Waals surface area (Å²) in [7, 11) is 3.64. The minimum Gasteiger partial charge on any atom is -0.497 e. The highest BCUT2D eigenvalue weighted by Gasteiger charge is 2.16. The van der Waals surface area contributed by atoms with Gasteiger partial charge in [0.25, 0.3) is 0 Å². The SMILES string of the molecule is COc1ccc(CCNC(=NCc2nnc(C)n2C)NCC(C)(C)SC)cc1.I. The Balaban J connectivity index is 0.00000420. The van der Waals surface area contributed by atoms with Gasteiger partial charge in [0.05, 0.1) is 7.11 Å². The lowest BCUT2D eigenvalue weighted by molar-refractivity contribution is 0.414. The zero-order valence-electron chi connectivity index (χ0n) is 18.2. The molecule has 1 heterocycles. The van der Waals surface area contributed by atoms with Gasteiger partial charge in [0, 0.05) is 24.9 Å². The number of rotatable bonds is 9. The molecule has 2 N–H and O–H groups in total. The molecule has 0 spiro atoms. The Labute approximate surface area is 195 Å². The van der Waals surface area contributed by atoms with E-state index < -0.39 is 0 Å². The highest BCUT2D eigenvalue weighted by atomic mass is 127. The van der Waals surface area contributed by atoms with Crippen LogP contribution in [0.3, 0.4) is 0 Å². The monoisotopic (exact) mass is 532 g/mol. The number of ether oxygens (including phenoxy) is 1. The average molecular weight is 532 g/mol. The molecule has 1 aromatic carbocycles. The first-order chi connectivity index (χ1) is 13.3. The number of benzene rings is 1. The summed E-state index contributed by atoms with van der Waals surface area (Å²) in [5.74, 6) is 3.39. The smallest absolute Gasteiger partial charge is 0.191 e. The Morgan fingerprint density at radius 2 is 1.90 bits per heavy atom. The molecule has 0 unspecified atom stereocenters. The maximum atomic E-state index is 5.21. The van der Waals surface area contributed by atoms with Crippen LogP contribution in [0.25, 0.3) is 0 Å². The summed E-state index contributed by atoms with van der Waals surface area (Å²) in [5.41, 5.74) is 1.25. The molecule has 0 bridgehead atoms. The molecule has 0 amide bonds. The second-order valence-electron chi connectivity index (χ2n) is 7.23. The van der Waals surface area contributed by atoms with E-state index in [9.17, 15) is 0 Å². The lowest BCUT2D eigenvalue weighted by Crippen LogP contribution is -2.44. The van der Waals surface area contributed by atoms with Crippen molar-refractivity contribution in [3.05, 3.63) is 41.5 Å². The molecule has 162 valence electrons. The Kier molecular flexibility index (Phi) is 10.8. The molecule has 0 aliphatic carbocycles. The van der Waals surface area contributed by atoms with Crippen molar-refractivity contribution in [3.63, 3.8) is 0 Å². The number of nitrogens with zero attached hydrogens (tertiary/aromatic N) is 4. The highest BCUT2D eigenvalue weighted by Crippen LogP contribution is 2.19. The quantitative estimate of drug-likeness (QED) is 0.294. The number of hydrogen-bond donors (Lipinski definition) is 2. The maximum absolute atomic E-state index is 5.21. The predicted octanol–water partition coefficient (Wildman–Crippen LogP) is 3.17. The Hall–Kier alpha value is -1.49. The molecule has 0 aliphatic heterocycles. The summed E-state index contributed by atoms with van der Waals surface area (Å²) in [6.45, 7) is 8.45. The van der Waals surface area contributed by atoms with Gasteiger partial charge >= 0.3 is 0 Å². The number of aliphatic imine (C=N–C) groups is 1. The zero-order valence-corrected chi connectivity index (χ0v) is 21.3. The fourth-order valence-electron chi connectivity index (χ4n) is 2.40. The van der Waals surface area contributed by atoms with Crippen molar-refractivity contribution in [2.45, 2.75) is 38.5 Å². The Morgan fingerprint density at radius 3 is 2.45 bits per heavy atom. The van der Waals surface area contributed by atoms with Gasteiger partial charge in [-0.15, -0.1) is 34.2 Å². The molecule has 0 aliphatic rings. The van der Waals surface area contributed by atoms with E-state index in [0.717, 1.165) is 42.9 Å². The van der Waals surface area contributed by atoms with Crippen LogP contribution in [-0.2, 0) is 20.0 Å². The van der Waals surface area contributed by atoms with Gasteiger partial charge in [0.15, 0.2) is 11.8 Å². The summed E-state index contributed by atoms with van der Waals surface area (Å²) >= 11 is 1.83. The first kappa shape index (κ1) is 25.5. The van der Waals surface area contributed by atoms with E-state index in [0.29, 0.717) is 6.54 Å². The van der Waals surface area contributed by atoms with Gasteiger partial charge in [-0.05, 0) is 51.1 Å². The van der Waals surface area contributed by atoms with Gasteiger partial charge in [0.1, 0.15) is 18.1 Å². The van der Waals surface area contributed by atoms with Gasteiger partial charge in [0.2, 0.25) is 0 Å². The van der Waals surface area contributed by atoms with Crippen LogP contribution in [0.5, 0.6) is 5.75 Å². The van der Waals surface area contributed by atoms with E-state index in [1.54, 1.807) is 7.11 Å².